The molecule has 1 saturated carbocycles. The molecule has 9 heteroatoms. The van der Waals surface area contributed by atoms with Crippen molar-refractivity contribution in [3.05, 3.63) is 65.0 Å². The molecule has 0 saturated heterocycles. The van der Waals surface area contributed by atoms with Gasteiger partial charge in [0, 0.05) is 18.2 Å². The highest BCUT2D eigenvalue weighted by Crippen LogP contribution is 2.26. The van der Waals surface area contributed by atoms with Gasteiger partial charge in [0.25, 0.3) is 0 Å². The number of nitrogens with one attached hydrogen (secondary N) is 1. The third kappa shape index (κ3) is 6.84. The monoisotopic (exact) mass is 517 g/mol. The number of sulfonamides is 1. The number of hydrogen-bond donors (Lipinski definition) is 1. The van der Waals surface area contributed by atoms with E-state index in [9.17, 15) is 22.4 Å². The lowest BCUT2D eigenvalue weighted by atomic mass is 9.95. The number of benzene rings is 2. The summed E-state index contributed by atoms with van der Waals surface area (Å²) in [5, 5.41) is 3.03. The summed E-state index contributed by atoms with van der Waals surface area (Å²) in [6.07, 6.45) is 6.02. The van der Waals surface area contributed by atoms with Crippen LogP contribution in [0.3, 0.4) is 0 Å². The first-order chi connectivity index (χ1) is 17.0. The highest BCUT2D eigenvalue weighted by atomic mass is 32.2. The number of carbonyl (C=O) groups excluding carboxylic acids is 2. The van der Waals surface area contributed by atoms with E-state index in [1.54, 1.807) is 44.2 Å². The maximum absolute atomic E-state index is 14.5. The summed E-state index contributed by atoms with van der Waals surface area (Å²) in [5.74, 6) is -1.41. The number of halogens is 1. The van der Waals surface area contributed by atoms with Crippen LogP contribution < -0.4 is 9.62 Å². The summed E-state index contributed by atoms with van der Waals surface area (Å²) in [4.78, 5) is 28.1. The SMILES string of the molecule is Cc1cccc(N(CC(=O)N(Cc2ccccc2F)C(C)C(=O)NC2CCCCC2)S(C)(=O)=O)c1C. The Bertz CT molecular complexity index is 1200. The van der Waals surface area contributed by atoms with Crippen molar-refractivity contribution in [1.82, 2.24) is 10.2 Å². The van der Waals surface area contributed by atoms with Crippen LogP contribution in [-0.2, 0) is 26.2 Å². The molecule has 0 heterocycles. The molecule has 36 heavy (non-hydrogen) atoms. The van der Waals surface area contributed by atoms with Crippen molar-refractivity contribution in [2.45, 2.75) is 71.5 Å². The lowest BCUT2D eigenvalue weighted by Gasteiger charge is -2.33. The van der Waals surface area contributed by atoms with Crippen LogP contribution in [0.4, 0.5) is 10.1 Å². The van der Waals surface area contributed by atoms with Crippen molar-refractivity contribution in [2.24, 2.45) is 0 Å². The minimum atomic E-state index is -3.82. The molecule has 7 nitrogen and oxygen atoms in total. The largest absolute Gasteiger partial charge is 0.352 e. The van der Waals surface area contributed by atoms with Gasteiger partial charge in [-0.25, -0.2) is 12.8 Å². The molecule has 196 valence electrons. The predicted octanol–water partition coefficient (Wildman–Crippen LogP) is 4.07. The van der Waals surface area contributed by atoms with Crippen molar-refractivity contribution in [2.75, 3.05) is 17.1 Å². The van der Waals surface area contributed by atoms with Crippen LogP contribution in [0.2, 0.25) is 0 Å². The Labute approximate surface area is 213 Å². The minimum Gasteiger partial charge on any atom is -0.352 e. The first kappa shape index (κ1) is 27.6. The molecule has 1 N–H and O–H groups in total. The number of hydrogen-bond acceptors (Lipinski definition) is 4. The maximum atomic E-state index is 14.5. The molecule has 0 aromatic heterocycles. The van der Waals surface area contributed by atoms with Gasteiger partial charge in [0.2, 0.25) is 21.8 Å². The van der Waals surface area contributed by atoms with Crippen LogP contribution in [0.5, 0.6) is 0 Å². The summed E-state index contributed by atoms with van der Waals surface area (Å²) in [6, 6.07) is 10.4. The fraction of sp³-hybridized carbons (Fsp3) is 0.481. The summed E-state index contributed by atoms with van der Waals surface area (Å²) < 4.78 is 41.1. The zero-order valence-electron chi connectivity index (χ0n) is 21.5. The molecular formula is C27H36FN3O4S. The van der Waals surface area contributed by atoms with E-state index in [4.69, 9.17) is 0 Å². The summed E-state index contributed by atoms with van der Waals surface area (Å²) >= 11 is 0. The molecule has 3 rings (SSSR count). The quantitative estimate of drug-likeness (QED) is 0.543. The summed E-state index contributed by atoms with van der Waals surface area (Å²) in [7, 11) is -3.82. The average Bonchev–Trinajstić information content (AvgIpc) is 2.83. The van der Waals surface area contributed by atoms with E-state index in [1.165, 1.54) is 11.0 Å². The van der Waals surface area contributed by atoms with Gasteiger partial charge >= 0.3 is 0 Å². The molecule has 2 aromatic rings. The van der Waals surface area contributed by atoms with Gasteiger partial charge in [-0.2, -0.15) is 0 Å². The van der Waals surface area contributed by atoms with Gasteiger partial charge in [-0.1, -0.05) is 49.6 Å². The van der Waals surface area contributed by atoms with Crippen LogP contribution >= 0.6 is 0 Å². The second-order valence-corrected chi connectivity index (χ2v) is 11.5. The number of rotatable bonds is 9. The van der Waals surface area contributed by atoms with Gasteiger partial charge in [0.15, 0.2) is 0 Å². The van der Waals surface area contributed by atoms with E-state index in [-0.39, 0.29) is 24.1 Å². The molecule has 1 unspecified atom stereocenters. The molecule has 0 bridgehead atoms. The van der Waals surface area contributed by atoms with E-state index in [0.29, 0.717) is 5.69 Å². The van der Waals surface area contributed by atoms with E-state index >= 15 is 0 Å². The standard InChI is InChI=1S/C27H36FN3O4S/c1-19-11-10-16-25(20(19)2)31(36(4,34)35)18-26(32)30(17-22-12-8-9-15-24(22)28)21(3)27(33)29-23-13-6-5-7-14-23/h8-12,15-16,21,23H,5-7,13-14,17-18H2,1-4H3,(H,29,33). The van der Waals surface area contributed by atoms with Crippen LogP contribution in [0.15, 0.2) is 42.5 Å². The molecular weight excluding hydrogens is 481 g/mol. The lowest BCUT2D eigenvalue weighted by Crippen LogP contribution is -2.53. The van der Waals surface area contributed by atoms with Gasteiger partial charge in [-0.15, -0.1) is 0 Å². The molecule has 0 aliphatic heterocycles. The second kappa shape index (κ2) is 11.9. The third-order valence-electron chi connectivity index (χ3n) is 6.94. The van der Waals surface area contributed by atoms with Gasteiger partial charge in [0.05, 0.1) is 11.9 Å². The number of nitrogens with zero attached hydrogens (tertiary/aromatic N) is 2. The Morgan fingerprint density at radius 2 is 1.72 bits per heavy atom. The molecule has 1 atom stereocenters. The van der Waals surface area contributed by atoms with Crippen LogP contribution in [-0.4, -0.2) is 50.0 Å². The van der Waals surface area contributed by atoms with Gasteiger partial charge in [-0.05, 0) is 56.9 Å². The second-order valence-electron chi connectivity index (χ2n) is 9.62. The number of amides is 2. The zero-order valence-corrected chi connectivity index (χ0v) is 22.3. The fourth-order valence-corrected chi connectivity index (χ4v) is 5.46. The number of anilines is 1. The molecule has 0 radical (unpaired) electrons. The van der Waals surface area contributed by atoms with Crippen LogP contribution in [0.25, 0.3) is 0 Å². The normalized spacial score (nSPS) is 15.2. The number of carbonyl (C=O) groups is 2. The highest BCUT2D eigenvalue weighted by molar-refractivity contribution is 7.92. The van der Waals surface area contributed by atoms with E-state index in [0.717, 1.165) is 53.8 Å². The first-order valence-electron chi connectivity index (χ1n) is 12.4. The average molecular weight is 518 g/mol. The molecule has 2 aromatic carbocycles. The van der Waals surface area contributed by atoms with Crippen molar-refractivity contribution in [3.8, 4) is 0 Å². The van der Waals surface area contributed by atoms with Crippen LogP contribution in [0.1, 0.15) is 55.7 Å². The molecule has 1 fully saturated rings. The van der Waals surface area contributed by atoms with E-state index in [1.807, 2.05) is 13.0 Å². The topological polar surface area (TPSA) is 86.8 Å². The first-order valence-corrected chi connectivity index (χ1v) is 14.2. The lowest BCUT2D eigenvalue weighted by molar-refractivity contribution is -0.139. The molecule has 2 amide bonds. The van der Waals surface area contributed by atoms with Crippen molar-refractivity contribution in [1.29, 1.82) is 0 Å². The molecule has 0 spiro atoms. The number of aryl methyl sites for hydroxylation is 1. The third-order valence-corrected chi connectivity index (χ3v) is 8.07. The maximum Gasteiger partial charge on any atom is 0.244 e. The van der Waals surface area contributed by atoms with Crippen molar-refractivity contribution < 1.29 is 22.4 Å². The van der Waals surface area contributed by atoms with E-state index in [2.05, 4.69) is 5.32 Å². The molecule has 1 aliphatic carbocycles. The van der Waals surface area contributed by atoms with Gasteiger partial charge < -0.3 is 10.2 Å². The minimum absolute atomic E-state index is 0.0431. The summed E-state index contributed by atoms with van der Waals surface area (Å²) in [6.45, 7) is 4.60. The Balaban J connectivity index is 1.91. The summed E-state index contributed by atoms with van der Waals surface area (Å²) in [5.41, 5.74) is 2.27. The Kier molecular flexibility index (Phi) is 9.11. The van der Waals surface area contributed by atoms with Crippen molar-refractivity contribution >= 4 is 27.5 Å². The fourth-order valence-electron chi connectivity index (χ4n) is 4.56. The van der Waals surface area contributed by atoms with Gasteiger partial charge in [0.1, 0.15) is 18.4 Å². The predicted molar refractivity (Wildman–Crippen MR) is 140 cm³/mol. The van der Waals surface area contributed by atoms with Gasteiger partial charge in [-0.3, -0.25) is 13.9 Å². The Morgan fingerprint density at radius 1 is 1.06 bits per heavy atom. The molecule has 1 aliphatic rings. The Morgan fingerprint density at radius 3 is 2.36 bits per heavy atom. The van der Waals surface area contributed by atoms with E-state index < -0.39 is 34.3 Å². The zero-order chi connectivity index (χ0) is 26.5. The van der Waals surface area contributed by atoms with Crippen LogP contribution in [0, 0.1) is 19.7 Å². The highest BCUT2D eigenvalue weighted by Gasteiger charge is 2.32. The smallest absolute Gasteiger partial charge is 0.244 e. The Hall–Kier alpha value is -2.94. The van der Waals surface area contributed by atoms with Crippen molar-refractivity contribution in [3.63, 3.8) is 0 Å².